The molecule has 9 heteroatoms. The zero-order chi connectivity index (χ0) is 25.5. The van der Waals surface area contributed by atoms with Gasteiger partial charge in [-0.15, -0.1) is 10.2 Å². The Labute approximate surface area is 214 Å². The van der Waals surface area contributed by atoms with Gasteiger partial charge in [-0.3, -0.25) is 9.59 Å². The number of para-hydroxylation sites is 1. The predicted octanol–water partition coefficient (Wildman–Crippen LogP) is 4.49. The summed E-state index contributed by atoms with van der Waals surface area (Å²) in [6.45, 7) is 6.63. The molecule has 1 heterocycles. The fourth-order valence-electron chi connectivity index (χ4n) is 3.92. The maximum atomic E-state index is 12.6. The Balaban J connectivity index is 1.30. The Hall–Kier alpha value is -3.85. The highest BCUT2D eigenvalue weighted by molar-refractivity contribution is 7.99. The molecule has 0 radical (unpaired) electrons. The summed E-state index contributed by atoms with van der Waals surface area (Å²) in [6.07, 6.45) is 0. The van der Waals surface area contributed by atoms with Crippen LogP contribution in [0.1, 0.15) is 23.9 Å². The summed E-state index contributed by atoms with van der Waals surface area (Å²) in [5, 5.41) is 16.9. The number of anilines is 1. The standard InChI is InChI=1S/C27H29N5O3S/c1-4-32-23(15-28-24(33)16-35-26-18(2)9-7-10-19(26)3)30-31-27(32)36-17-25(34)29-22-14-8-12-20-11-5-6-13-21(20)22/h5-14H,4,15-17H2,1-3H3,(H,28,33)(H,29,34). The molecule has 36 heavy (non-hydrogen) atoms. The van der Waals surface area contributed by atoms with Crippen molar-refractivity contribution in [3.8, 4) is 5.75 Å². The molecule has 0 saturated heterocycles. The molecule has 3 aromatic carbocycles. The molecule has 0 aliphatic rings. The first kappa shape index (κ1) is 25.2. The van der Waals surface area contributed by atoms with Gasteiger partial charge in [-0.05, 0) is 43.4 Å². The van der Waals surface area contributed by atoms with Crippen LogP contribution in [-0.4, -0.2) is 38.9 Å². The number of amides is 2. The van der Waals surface area contributed by atoms with Gasteiger partial charge in [-0.2, -0.15) is 0 Å². The minimum Gasteiger partial charge on any atom is -0.483 e. The Morgan fingerprint density at radius 2 is 1.67 bits per heavy atom. The number of hydrogen-bond donors (Lipinski definition) is 2. The highest BCUT2D eigenvalue weighted by atomic mass is 32.2. The lowest BCUT2D eigenvalue weighted by Gasteiger charge is -2.12. The van der Waals surface area contributed by atoms with Crippen LogP contribution in [0.3, 0.4) is 0 Å². The molecule has 4 rings (SSSR count). The first-order chi connectivity index (χ1) is 17.5. The van der Waals surface area contributed by atoms with Gasteiger partial charge in [-0.1, -0.05) is 66.4 Å². The number of nitrogens with zero attached hydrogens (tertiary/aromatic N) is 3. The van der Waals surface area contributed by atoms with E-state index in [1.807, 2.05) is 86.0 Å². The molecule has 0 aliphatic heterocycles. The third-order valence-electron chi connectivity index (χ3n) is 5.71. The number of carbonyl (C=O) groups is 2. The van der Waals surface area contributed by atoms with Crippen molar-refractivity contribution in [1.82, 2.24) is 20.1 Å². The van der Waals surface area contributed by atoms with Gasteiger partial charge in [0.15, 0.2) is 17.6 Å². The third kappa shape index (κ3) is 6.04. The first-order valence-electron chi connectivity index (χ1n) is 11.7. The maximum absolute atomic E-state index is 12.6. The van der Waals surface area contributed by atoms with Gasteiger partial charge in [0, 0.05) is 17.6 Å². The second-order valence-corrected chi connectivity index (χ2v) is 9.24. The molecular formula is C27H29N5O3S. The Morgan fingerprint density at radius 3 is 2.44 bits per heavy atom. The van der Waals surface area contributed by atoms with Crippen molar-refractivity contribution in [3.63, 3.8) is 0 Å². The Morgan fingerprint density at radius 1 is 0.944 bits per heavy atom. The summed E-state index contributed by atoms with van der Waals surface area (Å²) >= 11 is 1.31. The van der Waals surface area contributed by atoms with Crippen LogP contribution < -0.4 is 15.4 Å². The van der Waals surface area contributed by atoms with Crippen molar-refractivity contribution in [1.29, 1.82) is 0 Å². The summed E-state index contributed by atoms with van der Waals surface area (Å²) < 4.78 is 7.61. The molecular weight excluding hydrogens is 474 g/mol. The van der Waals surface area contributed by atoms with Gasteiger partial charge >= 0.3 is 0 Å². The number of nitrogens with one attached hydrogen (secondary N) is 2. The van der Waals surface area contributed by atoms with Crippen LogP contribution in [-0.2, 0) is 22.7 Å². The van der Waals surface area contributed by atoms with Crippen molar-refractivity contribution >= 4 is 40.0 Å². The predicted molar refractivity (Wildman–Crippen MR) is 142 cm³/mol. The van der Waals surface area contributed by atoms with Gasteiger partial charge in [0.2, 0.25) is 5.91 Å². The third-order valence-corrected chi connectivity index (χ3v) is 6.67. The van der Waals surface area contributed by atoms with Gasteiger partial charge < -0.3 is 19.9 Å². The number of carbonyl (C=O) groups excluding carboxylic acids is 2. The molecule has 0 fully saturated rings. The number of benzene rings is 3. The van der Waals surface area contributed by atoms with E-state index >= 15 is 0 Å². The minimum absolute atomic E-state index is 0.0814. The van der Waals surface area contributed by atoms with Crippen molar-refractivity contribution < 1.29 is 14.3 Å². The fourth-order valence-corrected chi connectivity index (χ4v) is 4.74. The number of thioether (sulfide) groups is 1. The van der Waals surface area contributed by atoms with E-state index in [4.69, 9.17) is 4.74 Å². The van der Waals surface area contributed by atoms with Crippen LogP contribution in [0.4, 0.5) is 5.69 Å². The van der Waals surface area contributed by atoms with Gasteiger partial charge in [0.25, 0.3) is 5.91 Å². The van der Waals surface area contributed by atoms with E-state index in [0.717, 1.165) is 33.3 Å². The number of rotatable bonds is 10. The van der Waals surface area contributed by atoms with E-state index in [9.17, 15) is 9.59 Å². The smallest absolute Gasteiger partial charge is 0.258 e. The summed E-state index contributed by atoms with van der Waals surface area (Å²) in [5.74, 6) is 1.17. The molecule has 186 valence electrons. The van der Waals surface area contributed by atoms with Crippen LogP contribution in [0.25, 0.3) is 10.8 Å². The molecule has 0 atom stereocenters. The van der Waals surface area contributed by atoms with E-state index in [2.05, 4.69) is 20.8 Å². The highest BCUT2D eigenvalue weighted by Crippen LogP contribution is 2.24. The zero-order valence-electron chi connectivity index (χ0n) is 20.6. The van der Waals surface area contributed by atoms with Crippen molar-refractivity contribution in [2.24, 2.45) is 0 Å². The SMILES string of the molecule is CCn1c(CNC(=O)COc2c(C)cccc2C)nnc1SCC(=O)Nc1cccc2ccccc12. The number of hydrogen-bond acceptors (Lipinski definition) is 6. The van der Waals surface area contributed by atoms with Crippen molar-refractivity contribution in [3.05, 3.63) is 77.6 Å². The summed E-state index contributed by atoms with van der Waals surface area (Å²) in [6, 6.07) is 19.6. The lowest BCUT2D eigenvalue weighted by molar-refractivity contribution is -0.123. The second-order valence-electron chi connectivity index (χ2n) is 8.29. The van der Waals surface area contributed by atoms with E-state index in [-0.39, 0.29) is 30.7 Å². The molecule has 0 bridgehead atoms. The fraction of sp³-hybridized carbons (Fsp3) is 0.259. The monoisotopic (exact) mass is 503 g/mol. The van der Waals surface area contributed by atoms with Crippen molar-refractivity contribution in [2.75, 3.05) is 17.7 Å². The highest BCUT2D eigenvalue weighted by Gasteiger charge is 2.15. The number of ether oxygens (including phenoxy) is 1. The molecule has 4 aromatic rings. The van der Waals surface area contributed by atoms with E-state index in [1.165, 1.54) is 11.8 Å². The van der Waals surface area contributed by atoms with Crippen LogP contribution in [0.2, 0.25) is 0 Å². The number of fused-ring (bicyclic) bond motifs is 1. The number of aryl methyl sites for hydroxylation is 2. The molecule has 2 amide bonds. The molecule has 0 aliphatic carbocycles. The Bertz CT molecular complexity index is 1360. The van der Waals surface area contributed by atoms with Gasteiger partial charge in [0.05, 0.1) is 12.3 Å². The molecule has 0 spiro atoms. The molecule has 1 aromatic heterocycles. The van der Waals surface area contributed by atoms with E-state index < -0.39 is 0 Å². The Kier molecular flexibility index (Phi) is 8.22. The summed E-state index contributed by atoms with van der Waals surface area (Å²) in [5.41, 5.74) is 2.75. The normalized spacial score (nSPS) is 10.9. The number of aromatic nitrogens is 3. The second kappa shape index (κ2) is 11.7. The zero-order valence-corrected chi connectivity index (χ0v) is 21.4. The average molecular weight is 504 g/mol. The molecule has 2 N–H and O–H groups in total. The van der Waals surface area contributed by atoms with Crippen LogP contribution in [0, 0.1) is 13.8 Å². The molecule has 0 unspecified atom stereocenters. The molecule has 0 saturated carbocycles. The van der Waals surface area contributed by atoms with Crippen LogP contribution in [0.5, 0.6) is 5.75 Å². The average Bonchev–Trinajstić information content (AvgIpc) is 3.28. The van der Waals surface area contributed by atoms with E-state index in [0.29, 0.717) is 17.5 Å². The lowest BCUT2D eigenvalue weighted by atomic mass is 10.1. The maximum Gasteiger partial charge on any atom is 0.258 e. The topological polar surface area (TPSA) is 98.1 Å². The lowest BCUT2D eigenvalue weighted by Crippen LogP contribution is -2.29. The van der Waals surface area contributed by atoms with Gasteiger partial charge in [0.1, 0.15) is 5.75 Å². The quantitative estimate of drug-likeness (QED) is 0.309. The minimum atomic E-state index is -0.244. The van der Waals surface area contributed by atoms with Crippen molar-refractivity contribution in [2.45, 2.75) is 39.0 Å². The van der Waals surface area contributed by atoms with E-state index in [1.54, 1.807) is 0 Å². The van der Waals surface area contributed by atoms with Gasteiger partial charge in [-0.25, -0.2) is 0 Å². The summed E-state index contributed by atoms with van der Waals surface area (Å²) in [4.78, 5) is 25.0. The summed E-state index contributed by atoms with van der Waals surface area (Å²) in [7, 11) is 0. The largest absolute Gasteiger partial charge is 0.483 e. The molecule has 8 nitrogen and oxygen atoms in total. The van der Waals surface area contributed by atoms with Crippen LogP contribution >= 0.6 is 11.8 Å². The first-order valence-corrected chi connectivity index (χ1v) is 12.7. The van der Waals surface area contributed by atoms with Crippen LogP contribution in [0.15, 0.2) is 65.8 Å².